The second-order valence-electron chi connectivity index (χ2n) is 10.6. The maximum atomic E-state index is 13.2. The van der Waals surface area contributed by atoms with Gasteiger partial charge >= 0.3 is 5.69 Å². The lowest BCUT2D eigenvalue weighted by Gasteiger charge is -2.37. The Balaban J connectivity index is 1.58. The number of H-pyrrole nitrogens is 1. The van der Waals surface area contributed by atoms with Crippen LogP contribution in [0.5, 0.6) is 5.75 Å². The summed E-state index contributed by atoms with van der Waals surface area (Å²) in [5.41, 5.74) is 5.98. The standard InChI is InChI=1S/C26H34N6O2/c1-6-17-10-22-21(12-20(17)18-11-23(34-5)24-27-16-28-31(24)13-18)29-25(33)32(22)19-8-7-9-30(14-19)15-26(2,3)4/h10-13,16,19H,6-9,14-15H2,1-5H3,(H,29,33)/t19-/m1/s1. The number of nitrogens with zero attached hydrogens (tertiary/aromatic N) is 5. The van der Waals surface area contributed by atoms with Crippen LogP contribution in [0.1, 0.15) is 52.1 Å². The number of methoxy groups -OCH3 is 1. The van der Waals surface area contributed by atoms with Gasteiger partial charge in [0, 0.05) is 24.8 Å². The molecule has 1 N–H and O–H groups in total. The molecule has 0 saturated carbocycles. The van der Waals surface area contributed by atoms with Crippen LogP contribution in [0.2, 0.25) is 0 Å². The second-order valence-corrected chi connectivity index (χ2v) is 10.6. The Bertz CT molecular complexity index is 1390. The van der Waals surface area contributed by atoms with E-state index in [1.54, 1.807) is 11.6 Å². The number of benzene rings is 1. The summed E-state index contributed by atoms with van der Waals surface area (Å²) < 4.78 is 9.29. The molecule has 8 heteroatoms. The highest BCUT2D eigenvalue weighted by molar-refractivity contribution is 5.85. The molecule has 0 aliphatic carbocycles. The van der Waals surface area contributed by atoms with Crippen molar-refractivity contribution in [2.75, 3.05) is 26.7 Å². The summed E-state index contributed by atoms with van der Waals surface area (Å²) in [5.74, 6) is 0.671. The van der Waals surface area contributed by atoms with E-state index in [4.69, 9.17) is 4.74 Å². The van der Waals surface area contributed by atoms with Crippen molar-refractivity contribution in [3.63, 3.8) is 0 Å². The van der Waals surface area contributed by atoms with Gasteiger partial charge in [0.1, 0.15) is 6.33 Å². The van der Waals surface area contributed by atoms with Crippen LogP contribution in [0.25, 0.3) is 27.8 Å². The minimum Gasteiger partial charge on any atom is -0.493 e. The lowest BCUT2D eigenvalue weighted by atomic mass is 9.94. The van der Waals surface area contributed by atoms with Crippen molar-refractivity contribution in [2.24, 2.45) is 5.41 Å². The van der Waals surface area contributed by atoms with Crippen molar-refractivity contribution >= 4 is 16.7 Å². The van der Waals surface area contributed by atoms with Gasteiger partial charge in [-0.3, -0.25) is 4.57 Å². The molecule has 1 saturated heterocycles. The summed E-state index contributed by atoms with van der Waals surface area (Å²) in [4.78, 5) is 23.1. The Kier molecular flexibility index (Phi) is 5.72. The molecule has 3 aromatic heterocycles. The number of piperidine rings is 1. The monoisotopic (exact) mass is 462 g/mol. The van der Waals surface area contributed by atoms with Crippen LogP contribution in [0, 0.1) is 5.41 Å². The van der Waals surface area contributed by atoms with Crippen LogP contribution >= 0.6 is 0 Å². The Labute approximate surface area is 199 Å². The second kappa shape index (κ2) is 8.58. The van der Waals surface area contributed by atoms with Gasteiger partial charge in [0.05, 0.1) is 24.2 Å². The van der Waals surface area contributed by atoms with Crippen LogP contribution in [0.3, 0.4) is 0 Å². The minimum absolute atomic E-state index is 0.0267. The highest BCUT2D eigenvalue weighted by atomic mass is 16.5. The topological polar surface area (TPSA) is 80.5 Å². The first-order chi connectivity index (χ1) is 16.3. The van der Waals surface area contributed by atoms with Crippen LogP contribution in [0.4, 0.5) is 0 Å². The highest BCUT2D eigenvalue weighted by Gasteiger charge is 2.27. The molecule has 8 nitrogen and oxygen atoms in total. The summed E-state index contributed by atoms with van der Waals surface area (Å²) in [6, 6.07) is 6.45. The van der Waals surface area contributed by atoms with Crippen molar-refractivity contribution in [3.05, 3.63) is 46.8 Å². The van der Waals surface area contributed by atoms with Gasteiger partial charge in [-0.2, -0.15) is 5.10 Å². The van der Waals surface area contributed by atoms with Gasteiger partial charge in [0.25, 0.3) is 0 Å². The van der Waals surface area contributed by atoms with Crippen molar-refractivity contribution in [1.82, 2.24) is 29.0 Å². The fourth-order valence-electron chi connectivity index (χ4n) is 5.39. The predicted molar refractivity (Wildman–Crippen MR) is 135 cm³/mol. The number of likely N-dealkylation sites (tertiary alicyclic amines) is 1. The average molecular weight is 463 g/mol. The number of nitrogens with one attached hydrogen (secondary N) is 1. The maximum absolute atomic E-state index is 13.2. The Morgan fingerprint density at radius 3 is 2.79 bits per heavy atom. The number of aromatic amines is 1. The van der Waals surface area contributed by atoms with Gasteiger partial charge in [-0.25, -0.2) is 14.3 Å². The first kappa shape index (κ1) is 22.7. The summed E-state index contributed by atoms with van der Waals surface area (Å²) in [6.45, 7) is 12.0. The van der Waals surface area contributed by atoms with Gasteiger partial charge in [0.2, 0.25) is 0 Å². The fraction of sp³-hybridized carbons (Fsp3) is 0.500. The molecule has 4 aromatic rings. The maximum Gasteiger partial charge on any atom is 0.326 e. The molecule has 0 bridgehead atoms. The zero-order valence-corrected chi connectivity index (χ0v) is 20.8. The first-order valence-electron chi connectivity index (χ1n) is 12.1. The number of fused-ring (bicyclic) bond motifs is 2. The normalized spacial score (nSPS) is 17.6. The zero-order chi connectivity index (χ0) is 24.0. The molecular weight excluding hydrogens is 428 g/mol. The molecule has 34 heavy (non-hydrogen) atoms. The van der Waals surface area contributed by atoms with Crippen LogP contribution in [-0.4, -0.2) is 55.8 Å². The SMILES string of the molecule is CCc1cc2c(cc1-c1cc(OC)c3ncnn3c1)[nH]c(=O)n2[C@@H]1CCCN(CC(C)(C)C)C1. The van der Waals surface area contributed by atoms with Gasteiger partial charge in [-0.1, -0.05) is 27.7 Å². The van der Waals surface area contributed by atoms with Gasteiger partial charge in [-0.15, -0.1) is 0 Å². The summed E-state index contributed by atoms with van der Waals surface area (Å²) >= 11 is 0. The Hall–Kier alpha value is -3.13. The molecule has 1 aliphatic rings. The number of hydrogen-bond donors (Lipinski definition) is 1. The molecule has 1 aromatic carbocycles. The lowest BCUT2D eigenvalue weighted by molar-refractivity contribution is 0.131. The Morgan fingerprint density at radius 2 is 2.06 bits per heavy atom. The third-order valence-corrected chi connectivity index (χ3v) is 6.74. The minimum atomic E-state index is -0.0267. The van der Waals surface area contributed by atoms with E-state index in [0.29, 0.717) is 11.4 Å². The predicted octanol–water partition coefficient (Wildman–Crippen LogP) is 4.29. The first-order valence-corrected chi connectivity index (χ1v) is 12.1. The van der Waals surface area contributed by atoms with Crippen molar-refractivity contribution < 1.29 is 4.74 Å². The van der Waals surface area contributed by atoms with E-state index in [-0.39, 0.29) is 17.1 Å². The number of aromatic nitrogens is 5. The van der Waals surface area contributed by atoms with E-state index < -0.39 is 0 Å². The van der Waals surface area contributed by atoms with E-state index in [0.717, 1.165) is 61.1 Å². The molecule has 0 amide bonds. The van der Waals surface area contributed by atoms with E-state index >= 15 is 0 Å². The molecule has 1 aliphatic heterocycles. The summed E-state index contributed by atoms with van der Waals surface area (Å²) in [6.07, 6.45) is 6.47. The Morgan fingerprint density at radius 1 is 1.24 bits per heavy atom. The third kappa shape index (κ3) is 4.11. The van der Waals surface area contributed by atoms with E-state index in [1.807, 2.05) is 16.8 Å². The molecule has 1 atom stereocenters. The highest BCUT2D eigenvalue weighted by Crippen LogP contribution is 2.33. The number of imidazole rings is 1. The van der Waals surface area contributed by atoms with E-state index in [9.17, 15) is 4.79 Å². The van der Waals surface area contributed by atoms with Crippen LogP contribution < -0.4 is 10.4 Å². The summed E-state index contributed by atoms with van der Waals surface area (Å²) in [7, 11) is 1.64. The zero-order valence-electron chi connectivity index (χ0n) is 20.8. The number of pyridine rings is 1. The van der Waals surface area contributed by atoms with Crippen molar-refractivity contribution in [3.8, 4) is 16.9 Å². The van der Waals surface area contributed by atoms with E-state index in [2.05, 4.69) is 59.8 Å². The quantitative estimate of drug-likeness (QED) is 0.478. The molecule has 1 fully saturated rings. The van der Waals surface area contributed by atoms with Gasteiger partial charge in [-0.05, 0) is 60.5 Å². The molecule has 180 valence electrons. The molecule has 0 unspecified atom stereocenters. The third-order valence-electron chi connectivity index (χ3n) is 6.74. The fourth-order valence-corrected chi connectivity index (χ4v) is 5.39. The largest absolute Gasteiger partial charge is 0.493 e. The van der Waals surface area contributed by atoms with E-state index in [1.165, 1.54) is 11.9 Å². The lowest BCUT2D eigenvalue weighted by Crippen LogP contribution is -2.42. The molecule has 0 radical (unpaired) electrons. The number of aryl methyl sites for hydroxylation is 1. The van der Waals surface area contributed by atoms with Crippen LogP contribution in [0.15, 0.2) is 35.5 Å². The smallest absolute Gasteiger partial charge is 0.326 e. The number of ether oxygens (including phenoxy) is 1. The molecule has 5 rings (SSSR count). The number of hydrogen-bond acceptors (Lipinski definition) is 5. The van der Waals surface area contributed by atoms with Gasteiger partial charge in [0.15, 0.2) is 11.4 Å². The molecular formula is C26H34N6O2. The summed E-state index contributed by atoms with van der Waals surface area (Å²) in [5, 5.41) is 4.30. The van der Waals surface area contributed by atoms with Crippen molar-refractivity contribution in [2.45, 2.75) is 53.0 Å². The molecule has 4 heterocycles. The number of rotatable bonds is 5. The van der Waals surface area contributed by atoms with Gasteiger partial charge < -0.3 is 14.6 Å². The average Bonchev–Trinajstić information content (AvgIpc) is 3.39. The van der Waals surface area contributed by atoms with Crippen molar-refractivity contribution in [1.29, 1.82) is 0 Å². The molecule has 0 spiro atoms. The van der Waals surface area contributed by atoms with Crippen LogP contribution in [-0.2, 0) is 6.42 Å².